The van der Waals surface area contributed by atoms with Crippen LogP contribution < -0.4 is 10.6 Å². The number of nitrogens with one attached hydrogen (secondary N) is 2. The van der Waals surface area contributed by atoms with Crippen LogP contribution in [-0.4, -0.2) is 75.2 Å². The Kier molecular flexibility index (Phi) is 28.9. The first kappa shape index (κ1) is 33.8. The topological polar surface area (TPSA) is 30.5 Å². The zero-order chi connectivity index (χ0) is 25.0. The number of unbranched alkanes of at least 4 members (excludes halogenated alkanes) is 9. The van der Waals surface area contributed by atoms with Gasteiger partial charge in [-0.25, -0.2) is 0 Å². The van der Waals surface area contributed by atoms with Gasteiger partial charge in [-0.2, -0.15) is 0 Å². The molecule has 4 heteroatoms. The second kappa shape index (κ2) is 29.1. The first-order valence-corrected chi connectivity index (χ1v) is 15.6. The number of nitrogens with zero attached hydrogens (tertiary/aromatic N) is 2. The predicted molar refractivity (Wildman–Crippen MR) is 155 cm³/mol. The largest absolute Gasteiger partial charge is 0.317 e. The molecule has 34 heavy (non-hydrogen) atoms. The van der Waals surface area contributed by atoms with Crippen LogP contribution in [-0.2, 0) is 0 Å². The van der Waals surface area contributed by atoms with Crippen LogP contribution in [0.5, 0.6) is 0 Å². The lowest BCUT2D eigenvalue weighted by molar-refractivity contribution is 0.268. The van der Waals surface area contributed by atoms with E-state index in [9.17, 15) is 0 Å². The summed E-state index contributed by atoms with van der Waals surface area (Å²) in [5.41, 5.74) is 0. The van der Waals surface area contributed by atoms with Crippen LogP contribution in [0, 0.1) is 0 Å². The van der Waals surface area contributed by atoms with Gasteiger partial charge in [0.05, 0.1) is 0 Å². The molecule has 0 aliphatic rings. The third kappa shape index (κ3) is 24.9. The van der Waals surface area contributed by atoms with Crippen molar-refractivity contribution in [3.8, 4) is 0 Å². The zero-order valence-electron chi connectivity index (χ0n) is 24.3. The molecule has 0 aromatic carbocycles. The third-order valence-corrected chi connectivity index (χ3v) is 6.77. The molecule has 0 saturated heterocycles. The van der Waals surface area contributed by atoms with E-state index in [0.29, 0.717) is 0 Å². The van der Waals surface area contributed by atoms with E-state index in [4.69, 9.17) is 0 Å². The van der Waals surface area contributed by atoms with Gasteiger partial charge in [-0.3, -0.25) is 0 Å². The first-order valence-electron chi connectivity index (χ1n) is 15.6. The van der Waals surface area contributed by atoms with Crippen molar-refractivity contribution in [2.75, 3.05) is 65.4 Å². The maximum atomic E-state index is 3.65. The van der Waals surface area contributed by atoms with Crippen LogP contribution in [0.15, 0.2) is 0 Å². The van der Waals surface area contributed by atoms with Crippen molar-refractivity contribution < 1.29 is 0 Å². The van der Waals surface area contributed by atoms with Crippen molar-refractivity contribution in [2.24, 2.45) is 0 Å². The normalized spacial score (nSPS) is 11.8. The van der Waals surface area contributed by atoms with Crippen LogP contribution in [0.1, 0.15) is 130 Å². The van der Waals surface area contributed by atoms with Crippen molar-refractivity contribution in [1.82, 2.24) is 20.4 Å². The summed E-state index contributed by atoms with van der Waals surface area (Å²) in [6.07, 6.45) is 21.6. The van der Waals surface area contributed by atoms with Gasteiger partial charge in [0.2, 0.25) is 0 Å². The van der Waals surface area contributed by atoms with Crippen LogP contribution in [0.2, 0.25) is 0 Å². The van der Waals surface area contributed by atoms with E-state index in [2.05, 4.69) is 48.1 Å². The average molecular weight is 483 g/mol. The minimum Gasteiger partial charge on any atom is -0.317 e. The summed E-state index contributed by atoms with van der Waals surface area (Å²) in [5, 5.41) is 7.31. The quantitative estimate of drug-likeness (QED) is 0.111. The number of hydrogen-bond donors (Lipinski definition) is 2. The fourth-order valence-electron chi connectivity index (χ4n) is 4.92. The highest BCUT2D eigenvalue weighted by Gasteiger charge is 2.02. The lowest BCUT2D eigenvalue weighted by Crippen LogP contribution is -2.26. The van der Waals surface area contributed by atoms with Crippen molar-refractivity contribution >= 4 is 0 Å². The molecule has 0 aliphatic heterocycles. The molecule has 0 unspecified atom stereocenters. The molecule has 0 aromatic heterocycles. The summed E-state index contributed by atoms with van der Waals surface area (Å²) in [7, 11) is 0. The van der Waals surface area contributed by atoms with Crippen LogP contribution in [0.25, 0.3) is 0 Å². The molecule has 0 rings (SSSR count). The van der Waals surface area contributed by atoms with Gasteiger partial charge in [-0.05, 0) is 130 Å². The van der Waals surface area contributed by atoms with E-state index in [-0.39, 0.29) is 0 Å². The monoisotopic (exact) mass is 483 g/mol. The molecule has 0 heterocycles. The van der Waals surface area contributed by atoms with Gasteiger partial charge >= 0.3 is 0 Å². The molecule has 0 saturated carbocycles. The van der Waals surface area contributed by atoms with Gasteiger partial charge in [-0.1, -0.05) is 66.2 Å². The van der Waals surface area contributed by atoms with Gasteiger partial charge in [-0.15, -0.1) is 0 Å². The molecule has 0 aliphatic carbocycles. The molecule has 0 bridgehead atoms. The first-order chi connectivity index (χ1) is 16.8. The van der Waals surface area contributed by atoms with Gasteiger partial charge in [0.25, 0.3) is 0 Å². The smallest absolute Gasteiger partial charge is 0.00187 e. The highest BCUT2D eigenvalue weighted by Crippen LogP contribution is 2.05. The van der Waals surface area contributed by atoms with E-state index in [1.807, 2.05) is 0 Å². The van der Waals surface area contributed by atoms with Gasteiger partial charge in [0, 0.05) is 0 Å². The molecule has 206 valence electrons. The van der Waals surface area contributed by atoms with Crippen molar-refractivity contribution in [3.05, 3.63) is 0 Å². The summed E-state index contributed by atoms with van der Waals surface area (Å²) in [5.74, 6) is 0. The Labute approximate surface area is 216 Å². The summed E-state index contributed by atoms with van der Waals surface area (Å²) in [4.78, 5) is 5.29. The second-order valence-corrected chi connectivity index (χ2v) is 10.4. The van der Waals surface area contributed by atoms with E-state index in [1.54, 1.807) is 0 Å². The number of rotatable bonds is 29. The SMILES string of the molecule is CCCN(CCC)CCCCCCNCCCCCCNCCCCCCN(CCC)CCC. The second-order valence-electron chi connectivity index (χ2n) is 10.4. The maximum absolute atomic E-state index is 3.65. The molecular formula is C30H66N4. The van der Waals surface area contributed by atoms with Crippen LogP contribution in [0.4, 0.5) is 0 Å². The highest BCUT2D eigenvalue weighted by molar-refractivity contribution is 4.59. The Bertz CT molecular complexity index is 318. The molecule has 0 atom stereocenters. The summed E-state index contributed by atoms with van der Waals surface area (Å²) < 4.78 is 0. The molecular weight excluding hydrogens is 416 g/mol. The van der Waals surface area contributed by atoms with Crippen LogP contribution >= 0.6 is 0 Å². The van der Waals surface area contributed by atoms with E-state index in [1.165, 1.54) is 168 Å². The average Bonchev–Trinajstić information content (AvgIpc) is 2.83. The van der Waals surface area contributed by atoms with Gasteiger partial charge in [0.1, 0.15) is 0 Å². The molecule has 2 N–H and O–H groups in total. The molecule has 0 fully saturated rings. The van der Waals surface area contributed by atoms with E-state index < -0.39 is 0 Å². The number of hydrogen-bond acceptors (Lipinski definition) is 4. The molecule has 0 spiro atoms. The molecule has 4 nitrogen and oxygen atoms in total. The summed E-state index contributed by atoms with van der Waals surface area (Å²) >= 11 is 0. The third-order valence-electron chi connectivity index (χ3n) is 6.77. The maximum Gasteiger partial charge on any atom is -0.00187 e. The van der Waals surface area contributed by atoms with E-state index in [0.717, 1.165) is 0 Å². The Morgan fingerprint density at radius 3 is 0.853 bits per heavy atom. The Morgan fingerprint density at radius 1 is 0.324 bits per heavy atom. The molecule has 0 aromatic rings. The van der Waals surface area contributed by atoms with Gasteiger partial charge < -0.3 is 20.4 Å². The fraction of sp³-hybridized carbons (Fsp3) is 1.00. The Hall–Kier alpha value is -0.160. The van der Waals surface area contributed by atoms with Crippen molar-refractivity contribution in [1.29, 1.82) is 0 Å². The van der Waals surface area contributed by atoms with Crippen molar-refractivity contribution in [2.45, 2.75) is 130 Å². The zero-order valence-corrected chi connectivity index (χ0v) is 24.3. The summed E-state index contributed by atoms with van der Waals surface area (Å²) in [6, 6.07) is 0. The molecule has 0 radical (unpaired) electrons. The highest BCUT2D eigenvalue weighted by atomic mass is 15.1. The lowest BCUT2D eigenvalue weighted by atomic mass is 10.1. The van der Waals surface area contributed by atoms with Crippen LogP contribution in [0.3, 0.4) is 0 Å². The fourth-order valence-corrected chi connectivity index (χ4v) is 4.92. The Balaban J connectivity index is 3.21. The summed E-state index contributed by atoms with van der Waals surface area (Å²) in [6.45, 7) is 21.8. The predicted octanol–water partition coefficient (Wildman–Crippen LogP) is 7.09. The Morgan fingerprint density at radius 2 is 0.588 bits per heavy atom. The van der Waals surface area contributed by atoms with Gasteiger partial charge in [0.15, 0.2) is 0 Å². The minimum absolute atomic E-state index is 1.21. The lowest BCUT2D eigenvalue weighted by Gasteiger charge is -2.20. The minimum atomic E-state index is 1.21. The van der Waals surface area contributed by atoms with Crippen molar-refractivity contribution in [3.63, 3.8) is 0 Å². The molecule has 0 amide bonds. The van der Waals surface area contributed by atoms with E-state index >= 15 is 0 Å². The standard InChI is InChI=1S/C30H66N4/c1-5-25-33(26-6-2)29-19-13-11-17-23-31-21-15-9-10-16-22-32-24-18-12-14-20-30-34(27-7-3)28-8-4/h31-32H,5-30H2,1-4H3.